The van der Waals surface area contributed by atoms with E-state index in [0.29, 0.717) is 22.8 Å². The number of fused-ring (bicyclic) bond motifs is 1. The Kier molecular flexibility index (Phi) is 2.96. The highest BCUT2D eigenvalue weighted by molar-refractivity contribution is 5.73. The zero-order valence-corrected chi connectivity index (χ0v) is 10.6. The maximum Gasteiger partial charge on any atom is 0.277 e. The number of nitrogens with one attached hydrogen (secondary N) is 1. The fraction of sp³-hybridized carbons (Fsp3) is 0.462. The highest BCUT2D eigenvalue weighted by atomic mass is 16.1. The third-order valence-corrected chi connectivity index (χ3v) is 2.80. The Morgan fingerprint density at radius 1 is 1.18 bits per heavy atom. The van der Waals surface area contributed by atoms with Crippen molar-refractivity contribution in [2.45, 2.75) is 39.5 Å². The van der Waals surface area contributed by atoms with Crippen molar-refractivity contribution in [1.29, 1.82) is 0 Å². The van der Waals surface area contributed by atoms with Gasteiger partial charge in [0.05, 0.1) is 5.52 Å². The van der Waals surface area contributed by atoms with Gasteiger partial charge in [-0.05, 0) is 17.5 Å². The lowest BCUT2D eigenvalue weighted by Gasteiger charge is -2.08. The average Bonchev–Trinajstić information content (AvgIpc) is 2.27. The molecule has 90 valence electrons. The Morgan fingerprint density at radius 3 is 2.47 bits per heavy atom. The largest absolute Gasteiger partial charge is 0.308 e. The van der Waals surface area contributed by atoms with E-state index in [9.17, 15) is 4.79 Å². The first-order valence-corrected chi connectivity index (χ1v) is 5.89. The van der Waals surface area contributed by atoms with Gasteiger partial charge in [0.25, 0.3) is 5.56 Å². The molecular weight excluding hydrogens is 214 g/mol. The van der Waals surface area contributed by atoms with Crippen LogP contribution in [-0.2, 0) is 0 Å². The molecule has 1 N–H and O–H groups in total. The van der Waals surface area contributed by atoms with Gasteiger partial charge >= 0.3 is 0 Å². The summed E-state index contributed by atoms with van der Waals surface area (Å²) < 4.78 is 0. The number of hydrogen-bond donors (Lipinski definition) is 1. The molecule has 0 aromatic carbocycles. The first kappa shape index (κ1) is 11.8. The Balaban J connectivity index is 2.71. The second kappa shape index (κ2) is 4.28. The zero-order valence-electron chi connectivity index (χ0n) is 10.6. The van der Waals surface area contributed by atoms with Crippen molar-refractivity contribution in [3.05, 3.63) is 34.0 Å². The van der Waals surface area contributed by atoms with Gasteiger partial charge in [0.1, 0.15) is 5.82 Å². The normalized spacial score (nSPS) is 11.6. The zero-order chi connectivity index (χ0) is 12.6. The molecule has 0 unspecified atom stereocenters. The van der Waals surface area contributed by atoms with Crippen molar-refractivity contribution >= 4 is 11.0 Å². The van der Waals surface area contributed by atoms with Gasteiger partial charge in [0.2, 0.25) is 0 Å². The van der Waals surface area contributed by atoms with Gasteiger partial charge in [-0.2, -0.15) is 0 Å². The van der Waals surface area contributed by atoms with E-state index < -0.39 is 0 Å². The number of aromatic nitrogens is 3. The number of aromatic amines is 1. The summed E-state index contributed by atoms with van der Waals surface area (Å²) in [5, 5.41) is 0. The Labute approximate surface area is 100 Å². The lowest BCUT2D eigenvalue weighted by atomic mass is 10.1. The Hall–Kier alpha value is -1.71. The van der Waals surface area contributed by atoms with E-state index in [-0.39, 0.29) is 11.5 Å². The van der Waals surface area contributed by atoms with Gasteiger partial charge in [0, 0.05) is 12.1 Å². The molecule has 2 heterocycles. The molecule has 4 nitrogen and oxygen atoms in total. The Morgan fingerprint density at radius 2 is 1.88 bits per heavy atom. The third kappa shape index (κ3) is 2.20. The molecule has 0 saturated heterocycles. The van der Waals surface area contributed by atoms with Crippen LogP contribution in [0, 0.1) is 0 Å². The van der Waals surface area contributed by atoms with Crippen LogP contribution in [0.2, 0.25) is 0 Å². The average molecular weight is 231 g/mol. The predicted molar refractivity (Wildman–Crippen MR) is 68.3 cm³/mol. The first-order valence-electron chi connectivity index (χ1n) is 5.89. The molecule has 0 aliphatic rings. The lowest BCUT2D eigenvalue weighted by molar-refractivity contribution is 0.774. The summed E-state index contributed by atoms with van der Waals surface area (Å²) in [6, 6.07) is 1.95. The summed E-state index contributed by atoms with van der Waals surface area (Å²) in [5.41, 5.74) is 2.04. The first-order chi connectivity index (χ1) is 7.99. The molecule has 4 heteroatoms. The number of rotatable bonds is 2. The van der Waals surface area contributed by atoms with Crippen LogP contribution in [0.1, 0.15) is 50.9 Å². The van der Waals surface area contributed by atoms with Gasteiger partial charge in [0.15, 0.2) is 5.52 Å². The molecule has 0 spiro atoms. The van der Waals surface area contributed by atoms with Crippen molar-refractivity contribution < 1.29 is 0 Å². The van der Waals surface area contributed by atoms with Crippen LogP contribution in [-0.4, -0.2) is 15.0 Å². The van der Waals surface area contributed by atoms with Crippen LogP contribution in [0.15, 0.2) is 17.1 Å². The van der Waals surface area contributed by atoms with E-state index in [2.05, 4.69) is 28.8 Å². The fourth-order valence-corrected chi connectivity index (χ4v) is 1.65. The van der Waals surface area contributed by atoms with Crippen LogP contribution in [0.4, 0.5) is 0 Å². The van der Waals surface area contributed by atoms with E-state index in [1.165, 1.54) is 0 Å². The standard InChI is InChI=1S/C13H17N3O/c1-7(2)9-5-10-11(14-6-9)13(17)16-12(15-10)8(3)4/h5-8H,1-4H3,(H,15,16,17). The molecule has 0 atom stereocenters. The summed E-state index contributed by atoms with van der Waals surface area (Å²) in [5.74, 6) is 1.30. The predicted octanol–water partition coefficient (Wildman–Crippen LogP) is 2.56. The van der Waals surface area contributed by atoms with E-state index in [1.54, 1.807) is 6.20 Å². The Bertz CT molecular complexity index is 594. The third-order valence-electron chi connectivity index (χ3n) is 2.80. The number of pyridine rings is 1. The van der Waals surface area contributed by atoms with Gasteiger partial charge < -0.3 is 4.98 Å². The van der Waals surface area contributed by atoms with E-state index in [0.717, 1.165) is 5.56 Å². The summed E-state index contributed by atoms with van der Waals surface area (Å²) in [6.45, 7) is 8.20. The highest BCUT2D eigenvalue weighted by Gasteiger charge is 2.09. The molecule has 0 radical (unpaired) electrons. The minimum absolute atomic E-state index is 0.158. The molecule has 2 aromatic heterocycles. The van der Waals surface area contributed by atoms with Crippen molar-refractivity contribution in [3.63, 3.8) is 0 Å². The van der Waals surface area contributed by atoms with Crippen molar-refractivity contribution in [1.82, 2.24) is 15.0 Å². The second-order valence-corrected chi connectivity index (χ2v) is 4.90. The molecule has 2 aromatic rings. The van der Waals surface area contributed by atoms with Crippen LogP contribution in [0.5, 0.6) is 0 Å². The lowest BCUT2D eigenvalue weighted by Crippen LogP contribution is -2.14. The monoisotopic (exact) mass is 231 g/mol. The SMILES string of the molecule is CC(C)c1cnc2c(=O)[nH]c(C(C)C)nc2c1. The van der Waals surface area contributed by atoms with Crippen LogP contribution >= 0.6 is 0 Å². The molecule has 0 bridgehead atoms. The van der Waals surface area contributed by atoms with Crippen molar-refractivity contribution in [2.75, 3.05) is 0 Å². The van der Waals surface area contributed by atoms with Crippen LogP contribution in [0.3, 0.4) is 0 Å². The van der Waals surface area contributed by atoms with Gasteiger partial charge in [-0.15, -0.1) is 0 Å². The molecule has 0 amide bonds. The molecule has 17 heavy (non-hydrogen) atoms. The van der Waals surface area contributed by atoms with Crippen LogP contribution < -0.4 is 5.56 Å². The number of H-pyrrole nitrogens is 1. The van der Waals surface area contributed by atoms with Crippen molar-refractivity contribution in [2.24, 2.45) is 0 Å². The number of nitrogens with zero attached hydrogens (tertiary/aromatic N) is 2. The molecule has 0 aliphatic heterocycles. The minimum Gasteiger partial charge on any atom is -0.308 e. The van der Waals surface area contributed by atoms with Crippen molar-refractivity contribution in [3.8, 4) is 0 Å². The summed E-state index contributed by atoms with van der Waals surface area (Å²) in [7, 11) is 0. The topological polar surface area (TPSA) is 58.6 Å². The number of hydrogen-bond acceptors (Lipinski definition) is 3. The van der Waals surface area contributed by atoms with Crippen LogP contribution in [0.25, 0.3) is 11.0 Å². The molecular formula is C13H17N3O. The van der Waals surface area contributed by atoms with Gasteiger partial charge in [-0.1, -0.05) is 27.7 Å². The summed E-state index contributed by atoms with van der Waals surface area (Å²) in [4.78, 5) is 23.3. The molecule has 0 fully saturated rings. The molecule has 0 aliphatic carbocycles. The maximum atomic E-state index is 11.8. The van der Waals surface area contributed by atoms with E-state index in [4.69, 9.17) is 0 Å². The highest BCUT2D eigenvalue weighted by Crippen LogP contribution is 2.17. The van der Waals surface area contributed by atoms with E-state index >= 15 is 0 Å². The maximum absolute atomic E-state index is 11.8. The quantitative estimate of drug-likeness (QED) is 0.864. The smallest absolute Gasteiger partial charge is 0.277 e. The second-order valence-electron chi connectivity index (χ2n) is 4.90. The van der Waals surface area contributed by atoms with Gasteiger partial charge in [-0.25, -0.2) is 9.97 Å². The van der Waals surface area contributed by atoms with E-state index in [1.807, 2.05) is 19.9 Å². The molecule has 0 saturated carbocycles. The fourth-order valence-electron chi connectivity index (χ4n) is 1.65. The molecule has 2 rings (SSSR count). The minimum atomic E-state index is -0.158. The van der Waals surface area contributed by atoms with Gasteiger partial charge in [-0.3, -0.25) is 4.79 Å². The summed E-state index contributed by atoms with van der Waals surface area (Å²) in [6.07, 6.45) is 1.75. The summed E-state index contributed by atoms with van der Waals surface area (Å²) >= 11 is 0.